The molecule has 0 spiro atoms. The number of aromatic nitrogens is 2. The summed E-state index contributed by atoms with van der Waals surface area (Å²) in [6, 6.07) is 14.5. The molecule has 1 aromatic heterocycles. The van der Waals surface area contributed by atoms with Gasteiger partial charge in [0.05, 0.1) is 0 Å². The molecule has 0 bridgehead atoms. The van der Waals surface area contributed by atoms with Gasteiger partial charge in [-0.1, -0.05) is 29.2 Å². The van der Waals surface area contributed by atoms with Crippen LogP contribution < -0.4 is 10.6 Å². The Hall–Kier alpha value is -2.90. The van der Waals surface area contributed by atoms with Gasteiger partial charge in [0.15, 0.2) is 0 Å². The number of likely N-dealkylation sites (tertiary alicyclic amines) is 1. The van der Waals surface area contributed by atoms with Crippen molar-refractivity contribution in [2.75, 3.05) is 36.8 Å². The average Bonchev–Trinajstić information content (AvgIpc) is 3.27. The van der Waals surface area contributed by atoms with E-state index in [9.17, 15) is 4.79 Å². The Labute approximate surface area is 186 Å². The molecule has 7 nitrogen and oxygen atoms in total. The Morgan fingerprint density at radius 1 is 1.06 bits per heavy atom. The lowest BCUT2D eigenvalue weighted by Gasteiger charge is -2.26. The van der Waals surface area contributed by atoms with Crippen LogP contribution in [0.1, 0.15) is 36.0 Å². The number of rotatable bonds is 8. The van der Waals surface area contributed by atoms with Crippen molar-refractivity contribution in [1.29, 1.82) is 0 Å². The Morgan fingerprint density at radius 3 is 2.65 bits per heavy atom. The summed E-state index contributed by atoms with van der Waals surface area (Å²) in [5.41, 5.74) is 1.96. The van der Waals surface area contributed by atoms with Crippen molar-refractivity contribution in [1.82, 2.24) is 15.1 Å². The zero-order valence-electron chi connectivity index (χ0n) is 17.3. The van der Waals surface area contributed by atoms with E-state index >= 15 is 0 Å². The maximum Gasteiger partial charge on any atom is 0.315 e. The van der Waals surface area contributed by atoms with Gasteiger partial charge in [0.25, 0.3) is 5.91 Å². The monoisotopic (exact) mass is 439 g/mol. The molecular weight excluding hydrogens is 414 g/mol. The smallest absolute Gasteiger partial charge is 0.315 e. The van der Waals surface area contributed by atoms with Gasteiger partial charge in [-0.05, 0) is 81.4 Å². The summed E-state index contributed by atoms with van der Waals surface area (Å²) < 4.78 is 5.72. The third-order valence-corrected chi connectivity index (χ3v) is 5.51. The summed E-state index contributed by atoms with van der Waals surface area (Å²) in [6.07, 6.45) is 5.01. The number of amides is 1. The van der Waals surface area contributed by atoms with Crippen LogP contribution in [0.2, 0.25) is 5.02 Å². The molecule has 2 N–H and O–H groups in total. The zero-order valence-corrected chi connectivity index (χ0v) is 18.1. The van der Waals surface area contributed by atoms with E-state index in [1.807, 2.05) is 12.1 Å². The number of benzene rings is 2. The van der Waals surface area contributed by atoms with Crippen molar-refractivity contribution < 1.29 is 9.21 Å². The fourth-order valence-corrected chi connectivity index (χ4v) is 3.81. The van der Waals surface area contributed by atoms with Crippen molar-refractivity contribution in [2.45, 2.75) is 25.7 Å². The molecule has 1 fully saturated rings. The van der Waals surface area contributed by atoms with Crippen LogP contribution in [-0.4, -0.2) is 47.2 Å². The lowest BCUT2D eigenvalue weighted by Crippen LogP contribution is -2.31. The van der Waals surface area contributed by atoms with E-state index in [0.29, 0.717) is 28.2 Å². The van der Waals surface area contributed by atoms with Crippen LogP contribution in [0.5, 0.6) is 0 Å². The fourth-order valence-electron chi connectivity index (χ4n) is 3.62. The first kappa shape index (κ1) is 21.3. The predicted octanol–water partition coefficient (Wildman–Crippen LogP) is 4.93. The molecule has 162 valence electrons. The van der Waals surface area contributed by atoms with Crippen LogP contribution in [-0.2, 0) is 0 Å². The van der Waals surface area contributed by atoms with Crippen molar-refractivity contribution in [2.24, 2.45) is 0 Å². The highest BCUT2D eigenvalue weighted by Crippen LogP contribution is 2.22. The van der Waals surface area contributed by atoms with Gasteiger partial charge >= 0.3 is 6.01 Å². The third kappa shape index (κ3) is 6.06. The van der Waals surface area contributed by atoms with Gasteiger partial charge in [0, 0.05) is 28.4 Å². The molecular formula is C23H26ClN5O2. The Balaban J connectivity index is 1.27. The lowest BCUT2D eigenvalue weighted by atomic mass is 10.1. The van der Waals surface area contributed by atoms with Gasteiger partial charge in [0.2, 0.25) is 5.89 Å². The second-order valence-corrected chi connectivity index (χ2v) is 8.07. The maximum absolute atomic E-state index is 12.3. The molecule has 1 aliphatic rings. The number of anilines is 2. The molecule has 2 aromatic carbocycles. The van der Waals surface area contributed by atoms with Crippen LogP contribution in [0.3, 0.4) is 0 Å². The van der Waals surface area contributed by atoms with Crippen LogP contribution in [0.4, 0.5) is 11.7 Å². The number of hydrogen-bond acceptors (Lipinski definition) is 6. The second-order valence-electron chi connectivity index (χ2n) is 7.64. The lowest BCUT2D eigenvalue weighted by molar-refractivity contribution is 0.102. The van der Waals surface area contributed by atoms with Crippen LogP contribution in [0, 0.1) is 0 Å². The van der Waals surface area contributed by atoms with E-state index in [-0.39, 0.29) is 5.91 Å². The molecule has 1 amide bonds. The van der Waals surface area contributed by atoms with Crippen molar-refractivity contribution in [3.8, 4) is 11.5 Å². The summed E-state index contributed by atoms with van der Waals surface area (Å²) in [4.78, 5) is 14.8. The molecule has 0 atom stereocenters. The van der Waals surface area contributed by atoms with Gasteiger partial charge in [0.1, 0.15) is 0 Å². The highest BCUT2D eigenvalue weighted by molar-refractivity contribution is 6.31. The molecule has 0 radical (unpaired) electrons. The number of hydrogen-bond donors (Lipinski definition) is 2. The van der Waals surface area contributed by atoms with E-state index in [4.69, 9.17) is 16.0 Å². The first-order valence-corrected chi connectivity index (χ1v) is 11.0. The quantitative estimate of drug-likeness (QED) is 0.484. The molecule has 4 rings (SSSR count). The standard InChI is InChI=1S/C23H26ClN5O2/c24-19-7-4-6-18(16-19)21(30)26-20-10-8-17(9-11-20)22-27-28-23(31-22)25-12-5-15-29-13-2-1-3-14-29/h4,6-11,16H,1-3,5,12-15H2,(H,25,28)(H,26,30). The van der Waals surface area contributed by atoms with Crippen LogP contribution >= 0.6 is 11.6 Å². The van der Waals surface area contributed by atoms with Crippen LogP contribution in [0.15, 0.2) is 52.9 Å². The molecule has 2 heterocycles. The average molecular weight is 440 g/mol. The molecule has 1 saturated heterocycles. The molecule has 3 aromatic rings. The Kier molecular flexibility index (Phi) is 7.17. The van der Waals surface area contributed by atoms with Gasteiger partial charge in [-0.3, -0.25) is 4.79 Å². The van der Waals surface area contributed by atoms with E-state index in [1.54, 1.807) is 36.4 Å². The second kappa shape index (κ2) is 10.4. The SMILES string of the molecule is O=C(Nc1ccc(-c2nnc(NCCCN3CCCCC3)o2)cc1)c1cccc(Cl)c1. The van der Waals surface area contributed by atoms with E-state index in [1.165, 1.54) is 32.4 Å². The molecule has 8 heteroatoms. The topological polar surface area (TPSA) is 83.3 Å². The van der Waals surface area contributed by atoms with Crippen molar-refractivity contribution in [3.63, 3.8) is 0 Å². The van der Waals surface area contributed by atoms with Gasteiger partial charge in [-0.2, -0.15) is 0 Å². The van der Waals surface area contributed by atoms with E-state index < -0.39 is 0 Å². The predicted molar refractivity (Wildman–Crippen MR) is 123 cm³/mol. The first-order chi connectivity index (χ1) is 15.2. The summed E-state index contributed by atoms with van der Waals surface area (Å²) in [5.74, 6) is 0.218. The summed E-state index contributed by atoms with van der Waals surface area (Å²) in [7, 11) is 0. The largest absolute Gasteiger partial charge is 0.403 e. The van der Waals surface area contributed by atoms with Gasteiger partial charge in [-0.25, -0.2) is 0 Å². The summed E-state index contributed by atoms with van der Waals surface area (Å²) >= 11 is 5.95. The third-order valence-electron chi connectivity index (χ3n) is 5.28. The Bertz CT molecular complexity index is 999. The summed E-state index contributed by atoms with van der Waals surface area (Å²) in [5, 5.41) is 14.8. The minimum Gasteiger partial charge on any atom is -0.403 e. The number of carbonyl (C=O) groups is 1. The maximum atomic E-state index is 12.3. The number of halogens is 1. The van der Waals surface area contributed by atoms with Crippen molar-refractivity contribution >= 4 is 29.2 Å². The first-order valence-electron chi connectivity index (χ1n) is 10.6. The highest BCUT2D eigenvalue weighted by Gasteiger charge is 2.11. The van der Waals surface area contributed by atoms with E-state index in [0.717, 1.165) is 25.1 Å². The molecule has 31 heavy (non-hydrogen) atoms. The molecule has 0 aliphatic carbocycles. The number of carbonyl (C=O) groups excluding carboxylic acids is 1. The number of nitrogens with one attached hydrogen (secondary N) is 2. The Morgan fingerprint density at radius 2 is 1.87 bits per heavy atom. The minimum absolute atomic E-state index is 0.218. The molecule has 0 saturated carbocycles. The highest BCUT2D eigenvalue weighted by atomic mass is 35.5. The van der Waals surface area contributed by atoms with E-state index in [2.05, 4.69) is 25.7 Å². The van der Waals surface area contributed by atoms with Gasteiger partial charge < -0.3 is 20.0 Å². The zero-order chi connectivity index (χ0) is 21.5. The number of piperidine rings is 1. The fraction of sp³-hybridized carbons (Fsp3) is 0.348. The van der Waals surface area contributed by atoms with Crippen LogP contribution in [0.25, 0.3) is 11.5 Å². The van der Waals surface area contributed by atoms with Gasteiger partial charge in [-0.15, -0.1) is 5.10 Å². The normalized spacial score (nSPS) is 14.4. The molecule has 1 aliphatic heterocycles. The number of nitrogens with zero attached hydrogens (tertiary/aromatic N) is 3. The minimum atomic E-state index is -0.218. The summed E-state index contributed by atoms with van der Waals surface area (Å²) in [6.45, 7) is 4.31. The molecule has 0 unspecified atom stereocenters. The van der Waals surface area contributed by atoms with Crippen molar-refractivity contribution in [3.05, 3.63) is 59.1 Å².